The summed E-state index contributed by atoms with van der Waals surface area (Å²) in [4.78, 5) is 20.3. The zero-order chi connectivity index (χ0) is 37.5. The van der Waals surface area contributed by atoms with Crippen molar-refractivity contribution in [3.05, 3.63) is 169 Å². The predicted molar refractivity (Wildman–Crippen MR) is 224 cm³/mol. The maximum Gasteiger partial charge on any atom is 2.00 e. The quantitative estimate of drug-likeness (QED) is 0.127. The normalized spacial score (nSPS) is 11.6. The Kier molecular flexibility index (Phi) is 8.24. The number of imidazole rings is 2. The van der Waals surface area contributed by atoms with E-state index in [0.29, 0.717) is 11.5 Å². The molecule has 0 saturated carbocycles. The molecule has 0 unspecified atom stereocenters. The Morgan fingerprint density at radius 2 is 1.23 bits per heavy atom. The van der Waals surface area contributed by atoms with Crippen molar-refractivity contribution in [2.24, 2.45) is 0 Å². The minimum absolute atomic E-state index is 0. The SMILES string of the molecule is Cc1cc(C)c(-c2cn3c4cccnc4c4ccc(Oc5[c-]c6c(cc5)c5cccnc5n5c(-c7ccccc7)c(-c7ccccc7)nc65)[c-]c4c3n2)c(C)c1.[Pt+2]. The molecule has 6 aromatic heterocycles. The van der Waals surface area contributed by atoms with Gasteiger partial charge in [0.2, 0.25) is 0 Å². The van der Waals surface area contributed by atoms with Crippen molar-refractivity contribution in [1.82, 2.24) is 28.7 Å². The van der Waals surface area contributed by atoms with E-state index in [0.717, 1.165) is 88.7 Å². The first-order chi connectivity index (χ1) is 27.5. The molecule has 6 heterocycles. The first-order valence-electron chi connectivity index (χ1n) is 18.6. The van der Waals surface area contributed by atoms with E-state index in [4.69, 9.17) is 24.7 Å². The van der Waals surface area contributed by atoms with Gasteiger partial charge in [0.15, 0.2) is 0 Å². The van der Waals surface area contributed by atoms with Crippen molar-refractivity contribution in [2.45, 2.75) is 20.8 Å². The zero-order valence-corrected chi connectivity index (χ0v) is 33.5. The molecular formula is C49H32N6OPt. The third kappa shape index (κ3) is 5.53. The molecular weight excluding hydrogens is 884 g/mol. The smallest absolute Gasteiger partial charge is 0.497 e. The van der Waals surface area contributed by atoms with E-state index in [1.165, 1.54) is 16.7 Å². The first-order valence-corrected chi connectivity index (χ1v) is 18.6. The number of pyridine rings is 4. The first kappa shape index (κ1) is 34.8. The van der Waals surface area contributed by atoms with Gasteiger partial charge in [-0.3, -0.25) is 15.0 Å². The number of hydrogen-bond donors (Lipinski definition) is 0. The fourth-order valence-corrected chi connectivity index (χ4v) is 8.44. The van der Waals surface area contributed by atoms with Gasteiger partial charge in [-0.2, -0.15) is 0 Å². The Morgan fingerprint density at radius 3 is 1.96 bits per heavy atom. The fourth-order valence-electron chi connectivity index (χ4n) is 8.44. The van der Waals surface area contributed by atoms with Gasteiger partial charge in [-0.05, 0) is 55.5 Å². The summed E-state index contributed by atoms with van der Waals surface area (Å²) in [7, 11) is 0. The molecule has 0 N–H and O–H groups in total. The molecule has 0 saturated heterocycles. The van der Waals surface area contributed by atoms with E-state index in [1.807, 2.05) is 60.9 Å². The Hall–Kier alpha value is -6.69. The molecule has 5 aromatic carbocycles. The van der Waals surface area contributed by atoms with Gasteiger partial charge in [0.05, 0.1) is 39.4 Å². The topological polar surface area (TPSA) is 69.6 Å². The van der Waals surface area contributed by atoms with Crippen molar-refractivity contribution in [3.8, 4) is 45.3 Å². The van der Waals surface area contributed by atoms with Gasteiger partial charge in [-0.15, -0.1) is 12.1 Å². The van der Waals surface area contributed by atoms with Crippen LogP contribution in [-0.2, 0) is 21.1 Å². The van der Waals surface area contributed by atoms with E-state index < -0.39 is 0 Å². The van der Waals surface area contributed by atoms with Crippen LogP contribution in [0.4, 0.5) is 0 Å². The van der Waals surface area contributed by atoms with E-state index in [-0.39, 0.29) is 21.1 Å². The van der Waals surface area contributed by atoms with Crippen LogP contribution >= 0.6 is 0 Å². The van der Waals surface area contributed by atoms with Gasteiger partial charge in [0.25, 0.3) is 0 Å². The van der Waals surface area contributed by atoms with Crippen LogP contribution < -0.4 is 4.74 Å². The van der Waals surface area contributed by atoms with Crippen LogP contribution in [-0.4, -0.2) is 28.7 Å². The standard InChI is InChI=1S/C49H32N6O.Pt/c1-29-24-30(2)43(31(3)25-29)41-28-54-42-17-11-22-50-45(42)37-21-19-35(27-40(37)48(54)52-41)56-34-18-20-36-38-16-10-23-51-47(38)55-46(33-14-8-5-9-15-33)44(32-12-6-4-7-13-32)53-49(55)39(36)26-34;/h4-25,28H,1-3H3;/q-2;+2. The number of fused-ring (bicyclic) bond motifs is 12. The molecule has 274 valence electrons. The second kappa shape index (κ2) is 13.5. The van der Waals surface area contributed by atoms with Gasteiger partial charge in [-0.1, -0.05) is 130 Å². The maximum absolute atomic E-state index is 6.64. The second-order valence-electron chi connectivity index (χ2n) is 14.4. The van der Waals surface area contributed by atoms with E-state index in [9.17, 15) is 0 Å². The van der Waals surface area contributed by atoms with Crippen LogP contribution in [0.1, 0.15) is 16.7 Å². The van der Waals surface area contributed by atoms with Crippen LogP contribution in [0.2, 0.25) is 0 Å². The summed E-state index contributed by atoms with van der Waals surface area (Å²) in [5.74, 6) is 1.10. The van der Waals surface area contributed by atoms with Crippen molar-refractivity contribution < 1.29 is 25.8 Å². The van der Waals surface area contributed by atoms with E-state index >= 15 is 0 Å². The third-order valence-corrected chi connectivity index (χ3v) is 10.7. The molecule has 0 fully saturated rings. The molecule has 0 aliphatic carbocycles. The number of rotatable bonds is 5. The van der Waals surface area contributed by atoms with Gasteiger partial charge < -0.3 is 13.5 Å². The largest absolute Gasteiger partial charge is 2.00 e. The summed E-state index contributed by atoms with van der Waals surface area (Å²) >= 11 is 0. The molecule has 0 amide bonds. The van der Waals surface area contributed by atoms with Crippen LogP contribution in [0.3, 0.4) is 0 Å². The molecule has 0 aliphatic heterocycles. The average molecular weight is 916 g/mol. The van der Waals surface area contributed by atoms with Crippen molar-refractivity contribution in [3.63, 3.8) is 0 Å². The summed E-state index contributed by atoms with van der Waals surface area (Å²) in [6.07, 6.45) is 5.78. The van der Waals surface area contributed by atoms with E-state index in [2.05, 4.69) is 121 Å². The molecule has 11 rings (SSSR count). The fraction of sp³-hybridized carbons (Fsp3) is 0.0612. The number of hydrogen-bond acceptors (Lipinski definition) is 5. The molecule has 0 spiro atoms. The molecule has 11 aromatic rings. The molecule has 0 atom stereocenters. The number of ether oxygens (including phenoxy) is 1. The summed E-state index contributed by atoms with van der Waals surface area (Å²) in [6, 6.07) is 48.5. The Bertz CT molecular complexity index is 3350. The van der Waals surface area contributed by atoms with Gasteiger partial charge in [-0.25, -0.2) is 4.98 Å². The number of benzene rings is 5. The minimum atomic E-state index is 0. The van der Waals surface area contributed by atoms with Crippen LogP contribution in [0.5, 0.6) is 11.5 Å². The molecule has 7 nitrogen and oxygen atoms in total. The van der Waals surface area contributed by atoms with Gasteiger partial charge >= 0.3 is 21.1 Å². The molecule has 0 radical (unpaired) electrons. The third-order valence-electron chi connectivity index (χ3n) is 10.7. The second-order valence-corrected chi connectivity index (χ2v) is 14.4. The number of aromatic nitrogens is 6. The molecule has 8 heteroatoms. The Balaban J connectivity index is 0.00000396. The van der Waals surface area contributed by atoms with Crippen molar-refractivity contribution >= 4 is 54.9 Å². The maximum atomic E-state index is 6.64. The van der Waals surface area contributed by atoms with Crippen molar-refractivity contribution in [1.29, 1.82) is 0 Å². The van der Waals surface area contributed by atoms with Gasteiger partial charge in [0, 0.05) is 46.8 Å². The van der Waals surface area contributed by atoms with Crippen LogP contribution in [0, 0.1) is 32.9 Å². The molecule has 0 aliphatic rings. The summed E-state index contributed by atoms with van der Waals surface area (Å²) < 4.78 is 10.9. The Morgan fingerprint density at radius 1 is 0.579 bits per heavy atom. The van der Waals surface area contributed by atoms with Crippen molar-refractivity contribution in [2.75, 3.05) is 0 Å². The summed E-state index contributed by atoms with van der Waals surface area (Å²) in [6.45, 7) is 6.43. The van der Waals surface area contributed by atoms with Crippen LogP contribution in [0.15, 0.2) is 140 Å². The minimum Gasteiger partial charge on any atom is -0.497 e. The number of aryl methyl sites for hydroxylation is 3. The number of nitrogens with zero attached hydrogens (tertiary/aromatic N) is 6. The van der Waals surface area contributed by atoms with E-state index in [1.54, 1.807) is 0 Å². The average Bonchev–Trinajstić information content (AvgIpc) is 3.85. The molecule has 57 heavy (non-hydrogen) atoms. The van der Waals surface area contributed by atoms with Crippen LogP contribution in [0.25, 0.3) is 88.7 Å². The Labute approximate surface area is 342 Å². The predicted octanol–water partition coefficient (Wildman–Crippen LogP) is 11.7. The summed E-state index contributed by atoms with van der Waals surface area (Å²) in [5, 5.41) is 4.61. The van der Waals surface area contributed by atoms with Gasteiger partial charge in [0.1, 0.15) is 5.65 Å². The zero-order valence-electron chi connectivity index (χ0n) is 31.2. The monoisotopic (exact) mass is 915 g/mol. The molecule has 0 bridgehead atoms. The summed E-state index contributed by atoms with van der Waals surface area (Å²) in [5.41, 5.74) is 13.8.